The summed E-state index contributed by atoms with van der Waals surface area (Å²) < 4.78 is 0. The third kappa shape index (κ3) is 6.13. The summed E-state index contributed by atoms with van der Waals surface area (Å²) in [5.74, 6) is 0.207. The van der Waals surface area contributed by atoms with Crippen molar-refractivity contribution in [3.63, 3.8) is 0 Å². The maximum Gasteiger partial charge on any atom is 0.226 e. The molecule has 1 aliphatic heterocycles. The Kier molecular flexibility index (Phi) is 8.22. The molecule has 1 aliphatic rings. The fourth-order valence-electron chi connectivity index (χ4n) is 2.70. The van der Waals surface area contributed by atoms with Crippen LogP contribution in [-0.2, 0) is 16.1 Å². The lowest BCUT2D eigenvalue weighted by Gasteiger charge is -2.27. The standard InChI is InChI=1S/C18H27N3O2.ClH/c1-12(2)17(22)21-16-6-4-14(5-7-16)11-20-18(23)15-8-9-19-13(3)10-15;/h4-7,12-13,15,19H,8-11H2,1-3H3,(H,20,23)(H,21,22);1H/t13-,15-;/m0./s1. The van der Waals surface area contributed by atoms with Crippen LogP contribution in [0.3, 0.4) is 0 Å². The zero-order chi connectivity index (χ0) is 16.8. The number of carbonyl (C=O) groups is 2. The van der Waals surface area contributed by atoms with Gasteiger partial charge in [-0.2, -0.15) is 0 Å². The molecule has 2 atom stereocenters. The number of hydrogen-bond donors (Lipinski definition) is 3. The number of rotatable bonds is 5. The van der Waals surface area contributed by atoms with Crippen LogP contribution < -0.4 is 16.0 Å². The Balaban J connectivity index is 0.00000288. The molecule has 0 saturated carbocycles. The highest BCUT2D eigenvalue weighted by atomic mass is 35.5. The molecule has 1 fully saturated rings. The average Bonchev–Trinajstić information content (AvgIpc) is 2.53. The van der Waals surface area contributed by atoms with E-state index in [-0.39, 0.29) is 36.1 Å². The van der Waals surface area contributed by atoms with E-state index in [1.165, 1.54) is 0 Å². The van der Waals surface area contributed by atoms with E-state index < -0.39 is 0 Å². The lowest BCUT2D eigenvalue weighted by Crippen LogP contribution is -2.42. The highest BCUT2D eigenvalue weighted by Crippen LogP contribution is 2.16. The summed E-state index contributed by atoms with van der Waals surface area (Å²) in [4.78, 5) is 23.8. The van der Waals surface area contributed by atoms with E-state index in [1.807, 2.05) is 38.1 Å². The van der Waals surface area contributed by atoms with Gasteiger partial charge in [0, 0.05) is 30.1 Å². The van der Waals surface area contributed by atoms with Crippen molar-refractivity contribution in [2.75, 3.05) is 11.9 Å². The molecule has 0 aromatic heterocycles. The minimum Gasteiger partial charge on any atom is -0.352 e. The van der Waals surface area contributed by atoms with Gasteiger partial charge in [0.1, 0.15) is 0 Å². The summed E-state index contributed by atoms with van der Waals surface area (Å²) in [7, 11) is 0. The number of anilines is 1. The summed E-state index contributed by atoms with van der Waals surface area (Å²) in [5.41, 5.74) is 1.81. The SMILES string of the molecule is CC(C)C(=O)Nc1ccc(CNC(=O)[C@H]2CCN[C@@H](C)C2)cc1.Cl. The second-order valence-corrected chi connectivity index (χ2v) is 6.64. The maximum absolute atomic E-state index is 12.2. The van der Waals surface area contributed by atoms with E-state index in [9.17, 15) is 9.59 Å². The van der Waals surface area contributed by atoms with E-state index >= 15 is 0 Å². The molecule has 3 N–H and O–H groups in total. The van der Waals surface area contributed by atoms with Crippen molar-refractivity contribution in [3.8, 4) is 0 Å². The normalized spacial score (nSPS) is 20.2. The van der Waals surface area contributed by atoms with Crippen molar-refractivity contribution in [1.29, 1.82) is 0 Å². The minimum atomic E-state index is -0.0404. The first kappa shape index (κ1) is 20.5. The van der Waals surface area contributed by atoms with Crippen molar-refractivity contribution in [2.24, 2.45) is 11.8 Å². The van der Waals surface area contributed by atoms with Crippen molar-refractivity contribution < 1.29 is 9.59 Å². The molecule has 0 radical (unpaired) electrons. The largest absolute Gasteiger partial charge is 0.352 e. The van der Waals surface area contributed by atoms with Gasteiger partial charge in [0.05, 0.1) is 0 Å². The molecule has 0 bridgehead atoms. The van der Waals surface area contributed by atoms with Crippen molar-refractivity contribution in [1.82, 2.24) is 10.6 Å². The first-order valence-electron chi connectivity index (χ1n) is 8.36. The molecular weight excluding hydrogens is 326 g/mol. The second kappa shape index (κ2) is 9.64. The van der Waals surface area contributed by atoms with Crippen LogP contribution in [0.1, 0.15) is 39.2 Å². The highest BCUT2D eigenvalue weighted by molar-refractivity contribution is 5.92. The van der Waals surface area contributed by atoms with Crippen LogP contribution >= 0.6 is 12.4 Å². The van der Waals surface area contributed by atoms with E-state index in [2.05, 4.69) is 22.9 Å². The summed E-state index contributed by atoms with van der Waals surface area (Å²) in [6.07, 6.45) is 1.79. The predicted molar refractivity (Wildman–Crippen MR) is 99.2 cm³/mol. The molecule has 1 aromatic carbocycles. The molecule has 24 heavy (non-hydrogen) atoms. The van der Waals surface area contributed by atoms with Gasteiger partial charge in [0.25, 0.3) is 0 Å². The van der Waals surface area contributed by atoms with Crippen LogP contribution in [0.15, 0.2) is 24.3 Å². The molecule has 1 saturated heterocycles. The first-order valence-corrected chi connectivity index (χ1v) is 8.36. The van der Waals surface area contributed by atoms with E-state index in [1.54, 1.807) is 0 Å². The van der Waals surface area contributed by atoms with Crippen LogP contribution in [0.4, 0.5) is 5.69 Å². The molecule has 134 valence electrons. The van der Waals surface area contributed by atoms with Gasteiger partial charge in [-0.25, -0.2) is 0 Å². The third-order valence-electron chi connectivity index (χ3n) is 4.21. The molecule has 2 rings (SSSR count). The summed E-state index contributed by atoms with van der Waals surface area (Å²) >= 11 is 0. The number of piperidine rings is 1. The lowest BCUT2D eigenvalue weighted by atomic mass is 9.92. The third-order valence-corrected chi connectivity index (χ3v) is 4.21. The van der Waals surface area contributed by atoms with Crippen LogP contribution in [0, 0.1) is 11.8 Å². The molecule has 1 aromatic rings. The molecular formula is C18H28ClN3O2. The van der Waals surface area contributed by atoms with Gasteiger partial charge in [-0.15, -0.1) is 12.4 Å². The summed E-state index contributed by atoms with van der Waals surface area (Å²) in [5, 5.41) is 9.23. The first-order chi connectivity index (χ1) is 11.0. The Morgan fingerprint density at radius 3 is 2.50 bits per heavy atom. The fourth-order valence-corrected chi connectivity index (χ4v) is 2.70. The number of amides is 2. The maximum atomic E-state index is 12.2. The van der Waals surface area contributed by atoms with Crippen molar-refractivity contribution in [3.05, 3.63) is 29.8 Å². The molecule has 0 unspecified atom stereocenters. The highest BCUT2D eigenvalue weighted by Gasteiger charge is 2.24. The topological polar surface area (TPSA) is 70.2 Å². The quantitative estimate of drug-likeness (QED) is 0.762. The van der Waals surface area contributed by atoms with Gasteiger partial charge in [0.2, 0.25) is 11.8 Å². The van der Waals surface area contributed by atoms with Gasteiger partial charge < -0.3 is 16.0 Å². The molecule has 0 aliphatic carbocycles. The molecule has 6 heteroatoms. The minimum absolute atomic E-state index is 0. The molecule has 2 amide bonds. The van der Waals surface area contributed by atoms with E-state index in [0.717, 1.165) is 30.6 Å². The Bertz CT molecular complexity index is 546. The number of carbonyl (C=O) groups excluding carboxylic acids is 2. The smallest absolute Gasteiger partial charge is 0.226 e. The van der Waals surface area contributed by atoms with Crippen molar-refractivity contribution in [2.45, 2.75) is 46.2 Å². The van der Waals surface area contributed by atoms with Crippen LogP contribution in [-0.4, -0.2) is 24.4 Å². The fraction of sp³-hybridized carbons (Fsp3) is 0.556. The predicted octanol–water partition coefficient (Wildman–Crippen LogP) is 2.71. The van der Waals surface area contributed by atoms with E-state index in [4.69, 9.17) is 0 Å². The Hall–Kier alpha value is -1.59. The summed E-state index contributed by atoms with van der Waals surface area (Å²) in [6, 6.07) is 8.01. The van der Waals surface area contributed by atoms with Crippen LogP contribution in [0.5, 0.6) is 0 Å². The van der Waals surface area contributed by atoms with Crippen LogP contribution in [0.2, 0.25) is 0 Å². The molecule has 1 heterocycles. The lowest BCUT2D eigenvalue weighted by molar-refractivity contribution is -0.126. The van der Waals surface area contributed by atoms with E-state index in [0.29, 0.717) is 12.6 Å². The zero-order valence-electron chi connectivity index (χ0n) is 14.6. The van der Waals surface area contributed by atoms with Gasteiger partial charge in [-0.05, 0) is 44.0 Å². The number of nitrogens with one attached hydrogen (secondary N) is 3. The van der Waals surface area contributed by atoms with Gasteiger partial charge in [0.15, 0.2) is 0 Å². The zero-order valence-corrected chi connectivity index (χ0v) is 15.4. The average molecular weight is 354 g/mol. The van der Waals surface area contributed by atoms with Gasteiger partial charge >= 0.3 is 0 Å². The Labute approximate surface area is 150 Å². The van der Waals surface area contributed by atoms with Gasteiger partial charge in [-0.3, -0.25) is 9.59 Å². The number of halogens is 1. The molecule has 5 nitrogen and oxygen atoms in total. The monoisotopic (exact) mass is 353 g/mol. The van der Waals surface area contributed by atoms with Crippen molar-refractivity contribution >= 4 is 29.9 Å². The Morgan fingerprint density at radius 2 is 1.92 bits per heavy atom. The van der Waals surface area contributed by atoms with Gasteiger partial charge in [-0.1, -0.05) is 26.0 Å². The summed E-state index contributed by atoms with van der Waals surface area (Å²) in [6.45, 7) is 7.27. The Morgan fingerprint density at radius 1 is 1.25 bits per heavy atom. The van der Waals surface area contributed by atoms with Crippen LogP contribution in [0.25, 0.3) is 0 Å². The number of hydrogen-bond acceptors (Lipinski definition) is 3. The molecule has 0 spiro atoms. The second-order valence-electron chi connectivity index (χ2n) is 6.64. The number of benzene rings is 1.